The summed E-state index contributed by atoms with van der Waals surface area (Å²) in [5, 5.41) is 13.7. The zero-order chi connectivity index (χ0) is 22.2. The Hall–Kier alpha value is -2.38. The Morgan fingerprint density at radius 3 is 2.57 bits per heavy atom. The monoisotopic (exact) mass is 438 g/mol. The molecule has 0 bridgehead atoms. The highest BCUT2D eigenvalue weighted by atomic mass is 35.5. The molecule has 1 aliphatic rings. The number of alkyl halides is 3. The second-order valence-corrected chi connectivity index (χ2v) is 8.80. The van der Waals surface area contributed by atoms with Gasteiger partial charge in [0.05, 0.1) is 17.8 Å². The number of anilines is 1. The zero-order valence-corrected chi connectivity index (χ0v) is 17.3. The lowest BCUT2D eigenvalue weighted by molar-refractivity contribution is -0.237. The quantitative estimate of drug-likeness (QED) is 0.586. The molecule has 1 unspecified atom stereocenters. The van der Waals surface area contributed by atoms with Crippen LogP contribution in [0.4, 0.5) is 24.5 Å². The minimum absolute atomic E-state index is 0.148. The zero-order valence-electron chi connectivity index (χ0n) is 16.6. The Kier molecular flexibility index (Phi) is 5.98. The van der Waals surface area contributed by atoms with Crippen molar-refractivity contribution in [1.82, 2.24) is 0 Å². The maximum Gasteiger partial charge on any atom is 0.422 e. The number of amides is 1. The van der Waals surface area contributed by atoms with E-state index in [0.717, 1.165) is 5.56 Å². The number of rotatable bonds is 6. The van der Waals surface area contributed by atoms with Crippen molar-refractivity contribution in [3.63, 3.8) is 0 Å². The molecule has 0 radical (unpaired) electrons. The number of aliphatic imine (C=N–C) groups is 1. The van der Waals surface area contributed by atoms with Gasteiger partial charge in [0.25, 0.3) is 0 Å². The number of carbonyl (C=O) groups is 1. The Morgan fingerprint density at radius 1 is 1.20 bits per heavy atom. The minimum atomic E-state index is -4.93. The maximum absolute atomic E-state index is 13.8. The molecule has 3 rings (SSSR count). The van der Waals surface area contributed by atoms with Crippen LogP contribution in [0.15, 0.2) is 47.5 Å². The number of halogens is 4. The van der Waals surface area contributed by atoms with Crippen molar-refractivity contribution in [2.45, 2.75) is 44.9 Å². The van der Waals surface area contributed by atoms with E-state index in [-0.39, 0.29) is 24.4 Å². The molecule has 2 aromatic carbocycles. The van der Waals surface area contributed by atoms with Crippen molar-refractivity contribution in [2.24, 2.45) is 10.4 Å². The van der Waals surface area contributed by atoms with E-state index in [1.54, 1.807) is 50.2 Å². The van der Waals surface area contributed by atoms with E-state index in [0.29, 0.717) is 22.5 Å². The van der Waals surface area contributed by atoms with E-state index in [9.17, 15) is 23.1 Å². The van der Waals surface area contributed by atoms with Gasteiger partial charge in [0.15, 0.2) is 5.60 Å². The number of aliphatic hydroxyl groups is 1. The number of hydrogen-bond donors (Lipinski definition) is 2. The molecule has 0 aliphatic carbocycles. The first kappa shape index (κ1) is 22.3. The van der Waals surface area contributed by atoms with Crippen molar-refractivity contribution in [3.05, 3.63) is 58.6 Å². The van der Waals surface area contributed by atoms with Gasteiger partial charge < -0.3 is 10.4 Å². The molecule has 160 valence electrons. The standard InChI is InChI=1S/C22H22ClF3N2O2/c1-20(2,11-14-5-3-7-16(23)9-14)12-21(30,22(24,25)26)13-27-17-8-4-6-15-10-18(29)28-19(15)17/h3-9,13,30H,10-12H2,1-2H3,(H,28,29)/b27-13+. The predicted molar refractivity (Wildman–Crippen MR) is 111 cm³/mol. The number of para-hydroxylation sites is 1. The van der Waals surface area contributed by atoms with Crippen LogP contribution in [0.3, 0.4) is 0 Å². The maximum atomic E-state index is 13.8. The molecule has 2 N–H and O–H groups in total. The highest BCUT2D eigenvalue weighted by Gasteiger charge is 2.55. The third-order valence-corrected chi connectivity index (χ3v) is 5.21. The second kappa shape index (κ2) is 8.04. The van der Waals surface area contributed by atoms with Crippen LogP contribution in [0.25, 0.3) is 0 Å². The average molecular weight is 439 g/mol. The van der Waals surface area contributed by atoms with Crippen LogP contribution in [0.2, 0.25) is 5.02 Å². The van der Waals surface area contributed by atoms with Crippen LogP contribution >= 0.6 is 11.6 Å². The number of nitrogens with one attached hydrogen (secondary N) is 1. The summed E-state index contributed by atoms with van der Waals surface area (Å²) in [6.07, 6.45) is -4.55. The fraction of sp³-hybridized carbons (Fsp3) is 0.364. The fourth-order valence-electron chi connectivity index (χ4n) is 3.73. The molecule has 0 fully saturated rings. The fourth-order valence-corrected chi connectivity index (χ4v) is 3.94. The van der Waals surface area contributed by atoms with Crippen LogP contribution < -0.4 is 5.32 Å². The first-order valence-electron chi connectivity index (χ1n) is 9.39. The molecule has 1 atom stereocenters. The van der Waals surface area contributed by atoms with E-state index in [4.69, 9.17) is 11.6 Å². The third-order valence-electron chi connectivity index (χ3n) is 4.97. The van der Waals surface area contributed by atoms with Gasteiger partial charge in [0.1, 0.15) is 0 Å². The summed E-state index contributed by atoms with van der Waals surface area (Å²) in [5.74, 6) is -0.249. The summed E-state index contributed by atoms with van der Waals surface area (Å²) in [5.41, 5.74) is -2.06. The molecule has 2 aromatic rings. The topological polar surface area (TPSA) is 61.7 Å². The molecule has 4 nitrogen and oxygen atoms in total. The minimum Gasteiger partial charge on any atom is -0.376 e. The number of hydrogen-bond acceptors (Lipinski definition) is 3. The molecule has 0 saturated carbocycles. The van der Waals surface area contributed by atoms with Gasteiger partial charge in [0.2, 0.25) is 5.91 Å². The highest BCUT2D eigenvalue weighted by molar-refractivity contribution is 6.30. The lowest BCUT2D eigenvalue weighted by Crippen LogP contribution is -2.50. The lowest BCUT2D eigenvalue weighted by Gasteiger charge is -2.35. The molecule has 0 saturated heterocycles. The van der Waals surface area contributed by atoms with E-state index in [2.05, 4.69) is 10.3 Å². The molecule has 8 heteroatoms. The van der Waals surface area contributed by atoms with Crippen molar-refractivity contribution in [3.8, 4) is 0 Å². The van der Waals surface area contributed by atoms with E-state index < -0.39 is 23.6 Å². The van der Waals surface area contributed by atoms with Crippen molar-refractivity contribution < 1.29 is 23.1 Å². The van der Waals surface area contributed by atoms with Crippen LogP contribution in [0.5, 0.6) is 0 Å². The number of carbonyl (C=O) groups excluding carboxylic acids is 1. The summed E-state index contributed by atoms with van der Waals surface area (Å²) in [6.45, 7) is 3.30. The van der Waals surface area contributed by atoms with Gasteiger partial charge in [-0.3, -0.25) is 9.79 Å². The Bertz CT molecular complexity index is 989. The molecule has 1 aliphatic heterocycles. The largest absolute Gasteiger partial charge is 0.422 e. The summed E-state index contributed by atoms with van der Waals surface area (Å²) < 4.78 is 41.5. The van der Waals surface area contributed by atoms with Crippen LogP contribution in [0, 0.1) is 5.41 Å². The van der Waals surface area contributed by atoms with Crippen molar-refractivity contribution in [2.75, 3.05) is 5.32 Å². The van der Waals surface area contributed by atoms with Crippen LogP contribution in [0.1, 0.15) is 31.4 Å². The number of nitrogens with zero attached hydrogens (tertiary/aromatic N) is 1. The normalized spacial score (nSPS) is 16.4. The van der Waals surface area contributed by atoms with E-state index in [1.165, 1.54) is 6.07 Å². The van der Waals surface area contributed by atoms with Gasteiger partial charge in [0, 0.05) is 11.2 Å². The van der Waals surface area contributed by atoms with Gasteiger partial charge in [-0.2, -0.15) is 13.2 Å². The summed E-state index contributed by atoms with van der Waals surface area (Å²) in [7, 11) is 0. The van der Waals surface area contributed by atoms with Crippen molar-refractivity contribution in [1.29, 1.82) is 0 Å². The molecule has 1 heterocycles. The molecular formula is C22H22ClF3N2O2. The van der Waals surface area contributed by atoms with Crippen LogP contribution in [-0.4, -0.2) is 29.0 Å². The molecule has 30 heavy (non-hydrogen) atoms. The molecule has 1 amide bonds. The SMILES string of the molecule is CC(C)(Cc1cccc(Cl)c1)CC(O)(/C=N/c1cccc2c1NC(=O)C2)C(F)(F)F. The lowest BCUT2D eigenvalue weighted by atomic mass is 9.76. The van der Waals surface area contributed by atoms with Crippen LogP contribution in [-0.2, 0) is 17.6 Å². The predicted octanol–water partition coefficient (Wildman–Crippen LogP) is 5.49. The van der Waals surface area contributed by atoms with Gasteiger partial charge in [-0.1, -0.05) is 49.7 Å². The van der Waals surface area contributed by atoms with E-state index >= 15 is 0 Å². The second-order valence-electron chi connectivity index (χ2n) is 8.36. The molecule has 0 spiro atoms. The van der Waals surface area contributed by atoms with Gasteiger partial charge in [-0.15, -0.1) is 0 Å². The Balaban J connectivity index is 1.87. The van der Waals surface area contributed by atoms with E-state index in [1.807, 2.05) is 0 Å². The Labute approximate surface area is 177 Å². The summed E-state index contributed by atoms with van der Waals surface area (Å²) >= 11 is 5.97. The smallest absolute Gasteiger partial charge is 0.376 e. The first-order chi connectivity index (χ1) is 13.9. The molecular weight excluding hydrogens is 417 g/mol. The number of fused-ring (bicyclic) bond motifs is 1. The number of benzene rings is 2. The third kappa shape index (κ3) is 5.02. The average Bonchev–Trinajstić information content (AvgIpc) is 2.98. The first-order valence-corrected chi connectivity index (χ1v) is 9.77. The van der Waals surface area contributed by atoms with Gasteiger partial charge in [-0.05, 0) is 47.6 Å². The summed E-state index contributed by atoms with van der Waals surface area (Å²) in [4.78, 5) is 15.5. The Morgan fingerprint density at radius 2 is 1.90 bits per heavy atom. The van der Waals surface area contributed by atoms with Gasteiger partial charge in [-0.25, -0.2) is 0 Å². The van der Waals surface area contributed by atoms with Gasteiger partial charge >= 0.3 is 6.18 Å². The molecule has 0 aromatic heterocycles. The highest BCUT2D eigenvalue weighted by Crippen LogP contribution is 2.41. The summed E-state index contributed by atoms with van der Waals surface area (Å²) in [6, 6.07) is 11.7. The van der Waals surface area contributed by atoms with Crippen molar-refractivity contribution >= 4 is 35.1 Å².